The molecule has 0 aliphatic carbocycles. The number of hydrogen-bond donors (Lipinski definition) is 0. The van der Waals surface area contributed by atoms with E-state index in [9.17, 15) is 9.59 Å². The molecule has 5 rings (SSSR count). The predicted octanol–water partition coefficient (Wildman–Crippen LogP) is 3.28. The largest absolute Gasteiger partial charge is 0.368 e. The van der Waals surface area contributed by atoms with E-state index in [0.29, 0.717) is 36.0 Å². The summed E-state index contributed by atoms with van der Waals surface area (Å²) >= 11 is 1.40. The van der Waals surface area contributed by atoms with Crippen molar-refractivity contribution in [1.82, 2.24) is 24.1 Å². The van der Waals surface area contributed by atoms with Crippen LogP contribution in [0.2, 0.25) is 0 Å². The van der Waals surface area contributed by atoms with E-state index < -0.39 is 0 Å². The predicted molar refractivity (Wildman–Crippen MR) is 136 cm³/mol. The minimum atomic E-state index is -0.319. The van der Waals surface area contributed by atoms with E-state index in [1.807, 2.05) is 65.6 Å². The molecule has 0 radical (unpaired) electrons. The number of para-hydroxylation sites is 2. The molecule has 1 fully saturated rings. The number of nitrogens with zero attached hydrogens (tertiary/aromatic N) is 6. The highest BCUT2D eigenvalue weighted by Gasteiger charge is 2.27. The van der Waals surface area contributed by atoms with Crippen LogP contribution in [0.3, 0.4) is 0 Å². The molecule has 0 N–H and O–H groups in total. The standard InChI is InChI=1S/C25H28N6O2S/c1-3-13-30-23(33)20-11-7-8-12-21(20)31-24(30)26-27-25(31)34-18(2)22(32)29-16-14-28(15-17-29)19-9-5-4-6-10-19/h4-12,18H,3,13-17H2,1-2H3. The van der Waals surface area contributed by atoms with Gasteiger partial charge in [-0.1, -0.05) is 49.0 Å². The van der Waals surface area contributed by atoms with Gasteiger partial charge in [-0.15, -0.1) is 10.2 Å². The smallest absolute Gasteiger partial charge is 0.262 e. The van der Waals surface area contributed by atoms with E-state index >= 15 is 0 Å². The van der Waals surface area contributed by atoms with Crippen molar-refractivity contribution in [1.29, 1.82) is 0 Å². The summed E-state index contributed by atoms with van der Waals surface area (Å²) in [5.74, 6) is 0.616. The molecule has 34 heavy (non-hydrogen) atoms. The number of carbonyl (C=O) groups excluding carboxylic acids is 1. The van der Waals surface area contributed by atoms with Crippen LogP contribution in [0, 0.1) is 0 Å². The molecule has 8 nitrogen and oxygen atoms in total. The summed E-state index contributed by atoms with van der Waals surface area (Å²) in [4.78, 5) is 30.5. The van der Waals surface area contributed by atoms with Crippen LogP contribution >= 0.6 is 11.8 Å². The second kappa shape index (κ2) is 9.50. The Bertz CT molecular complexity index is 1370. The number of aryl methyl sites for hydroxylation is 1. The molecule has 1 aliphatic rings. The number of piperazine rings is 1. The maximum atomic E-state index is 13.3. The summed E-state index contributed by atoms with van der Waals surface area (Å²) in [7, 11) is 0. The van der Waals surface area contributed by atoms with Gasteiger partial charge in [0.1, 0.15) is 0 Å². The van der Waals surface area contributed by atoms with Crippen molar-refractivity contribution in [3.8, 4) is 0 Å². The Morgan fingerprint density at radius 2 is 1.71 bits per heavy atom. The first-order valence-corrected chi connectivity index (χ1v) is 12.6. The number of thioether (sulfide) groups is 1. The number of aromatic nitrogens is 4. The number of anilines is 1. The van der Waals surface area contributed by atoms with Crippen molar-refractivity contribution in [3.63, 3.8) is 0 Å². The molecule has 0 spiro atoms. The lowest BCUT2D eigenvalue weighted by atomic mass is 10.2. The van der Waals surface area contributed by atoms with Gasteiger partial charge >= 0.3 is 0 Å². The van der Waals surface area contributed by atoms with Crippen molar-refractivity contribution in [2.45, 2.75) is 37.2 Å². The third-order valence-electron chi connectivity index (χ3n) is 6.27. The lowest BCUT2D eigenvalue weighted by Gasteiger charge is -2.37. The van der Waals surface area contributed by atoms with Gasteiger partial charge in [0.05, 0.1) is 16.2 Å². The van der Waals surface area contributed by atoms with Gasteiger partial charge in [0, 0.05) is 38.4 Å². The molecule has 1 amide bonds. The Morgan fingerprint density at radius 3 is 2.44 bits per heavy atom. The van der Waals surface area contributed by atoms with Gasteiger partial charge in [0.15, 0.2) is 5.16 Å². The Labute approximate surface area is 202 Å². The summed E-state index contributed by atoms with van der Waals surface area (Å²) in [5.41, 5.74) is 1.89. The second-order valence-electron chi connectivity index (χ2n) is 8.50. The maximum absolute atomic E-state index is 13.3. The Balaban J connectivity index is 1.37. The first-order chi connectivity index (χ1) is 16.6. The molecule has 176 valence electrons. The molecular formula is C25H28N6O2S. The van der Waals surface area contributed by atoms with Gasteiger partial charge in [-0.3, -0.25) is 18.6 Å². The quantitative estimate of drug-likeness (QED) is 0.398. The zero-order valence-electron chi connectivity index (χ0n) is 19.4. The lowest BCUT2D eigenvalue weighted by molar-refractivity contribution is -0.130. The first kappa shape index (κ1) is 22.5. The first-order valence-electron chi connectivity index (χ1n) is 11.7. The lowest BCUT2D eigenvalue weighted by Crippen LogP contribution is -2.50. The van der Waals surface area contributed by atoms with E-state index in [1.54, 1.807) is 4.57 Å². The molecule has 2 aromatic carbocycles. The molecule has 4 aromatic rings. The Hall–Kier alpha value is -3.33. The van der Waals surface area contributed by atoms with E-state index in [2.05, 4.69) is 27.2 Å². The average Bonchev–Trinajstić information content (AvgIpc) is 3.30. The number of amides is 1. The topological polar surface area (TPSA) is 75.7 Å². The number of hydrogen-bond acceptors (Lipinski definition) is 6. The van der Waals surface area contributed by atoms with Crippen molar-refractivity contribution in [2.24, 2.45) is 0 Å². The van der Waals surface area contributed by atoms with Gasteiger partial charge in [-0.05, 0) is 37.6 Å². The van der Waals surface area contributed by atoms with E-state index in [-0.39, 0.29) is 16.7 Å². The maximum Gasteiger partial charge on any atom is 0.262 e. The van der Waals surface area contributed by atoms with Crippen LogP contribution in [-0.2, 0) is 11.3 Å². The highest BCUT2D eigenvalue weighted by atomic mass is 32.2. The Kier molecular flexibility index (Phi) is 6.28. The van der Waals surface area contributed by atoms with Crippen molar-refractivity contribution < 1.29 is 4.79 Å². The fourth-order valence-electron chi connectivity index (χ4n) is 4.52. The number of carbonyl (C=O) groups is 1. The molecular weight excluding hydrogens is 448 g/mol. The van der Waals surface area contributed by atoms with Crippen LogP contribution in [0.15, 0.2) is 64.5 Å². The zero-order valence-corrected chi connectivity index (χ0v) is 20.2. The van der Waals surface area contributed by atoms with Gasteiger partial charge < -0.3 is 9.80 Å². The minimum absolute atomic E-state index is 0.0608. The molecule has 1 saturated heterocycles. The van der Waals surface area contributed by atoms with Gasteiger partial charge in [-0.2, -0.15) is 0 Å². The molecule has 1 aliphatic heterocycles. The fraction of sp³-hybridized carbons (Fsp3) is 0.360. The molecule has 2 aromatic heterocycles. The van der Waals surface area contributed by atoms with Crippen LogP contribution < -0.4 is 10.5 Å². The Morgan fingerprint density at radius 1 is 1.00 bits per heavy atom. The van der Waals surface area contributed by atoms with Crippen LogP contribution in [0.1, 0.15) is 20.3 Å². The summed E-state index contributed by atoms with van der Waals surface area (Å²) in [6.07, 6.45) is 0.813. The number of benzene rings is 2. The number of rotatable bonds is 6. The molecule has 9 heteroatoms. The van der Waals surface area contributed by atoms with Crippen molar-refractivity contribution >= 4 is 40.0 Å². The highest BCUT2D eigenvalue weighted by Crippen LogP contribution is 2.27. The zero-order chi connectivity index (χ0) is 23.7. The van der Waals surface area contributed by atoms with E-state index in [1.165, 1.54) is 17.4 Å². The number of fused-ring (bicyclic) bond motifs is 3. The van der Waals surface area contributed by atoms with E-state index in [0.717, 1.165) is 25.0 Å². The molecule has 3 heterocycles. The second-order valence-corrected chi connectivity index (χ2v) is 9.81. The molecule has 0 saturated carbocycles. The van der Waals surface area contributed by atoms with Crippen LogP contribution in [0.25, 0.3) is 16.7 Å². The molecule has 0 bridgehead atoms. The van der Waals surface area contributed by atoms with Crippen molar-refractivity contribution in [3.05, 3.63) is 65.0 Å². The van der Waals surface area contributed by atoms with Crippen LogP contribution in [-0.4, -0.2) is 61.4 Å². The highest BCUT2D eigenvalue weighted by molar-refractivity contribution is 8.00. The SMILES string of the molecule is CCCn1c(=O)c2ccccc2n2c(SC(C)C(=O)N3CCN(c4ccccc4)CC3)nnc12. The van der Waals surface area contributed by atoms with Gasteiger partial charge in [0.2, 0.25) is 11.7 Å². The molecule has 1 atom stereocenters. The van der Waals surface area contributed by atoms with Crippen LogP contribution in [0.5, 0.6) is 0 Å². The third-order valence-corrected chi connectivity index (χ3v) is 7.30. The minimum Gasteiger partial charge on any atom is -0.368 e. The summed E-state index contributed by atoms with van der Waals surface area (Å²) in [5, 5.41) is 9.66. The normalized spacial score (nSPS) is 15.2. The van der Waals surface area contributed by atoms with E-state index in [4.69, 9.17) is 0 Å². The summed E-state index contributed by atoms with van der Waals surface area (Å²) in [6, 6.07) is 17.8. The van der Waals surface area contributed by atoms with Gasteiger partial charge in [0.25, 0.3) is 5.56 Å². The van der Waals surface area contributed by atoms with Gasteiger partial charge in [-0.25, -0.2) is 0 Å². The van der Waals surface area contributed by atoms with Crippen LogP contribution in [0.4, 0.5) is 5.69 Å². The summed E-state index contributed by atoms with van der Waals surface area (Å²) < 4.78 is 3.59. The fourth-order valence-corrected chi connectivity index (χ4v) is 5.46. The third kappa shape index (κ3) is 4.04. The monoisotopic (exact) mass is 476 g/mol. The summed E-state index contributed by atoms with van der Waals surface area (Å²) in [6.45, 7) is 7.53. The van der Waals surface area contributed by atoms with Crippen molar-refractivity contribution in [2.75, 3.05) is 31.1 Å². The average molecular weight is 477 g/mol. The molecule has 1 unspecified atom stereocenters.